The summed E-state index contributed by atoms with van der Waals surface area (Å²) in [5.74, 6) is 0.385. The molecule has 2 unspecified atom stereocenters. The second-order valence-corrected chi connectivity index (χ2v) is 23.8. The van der Waals surface area contributed by atoms with Crippen LogP contribution in [0.2, 0.25) is 0 Å². The molecule has 23 heteroatoms. The van der Waals surface area contributed by atoms with Gasteiger partial charge < -0.3 is 114 Å². The molecule has 5 saturated heterocycles. The summed E-state index contributed by atoms with van der Waals surface area (Å²) in [6.07, 6.45) is -25.6. The highest BCUT2D eigenvalue weighted by Gasteiger charge is 2.68. The zero-order valence-electron chi connectivity index (χ0n) is 42.9. The SMILES string of the molecule is CC(CO)CCC1(O)O[C@H]2C[C@H]3[C@@H]4CC=C5C[C@@H](O[C@@H]6O[C@H](CO)[C@@H](O[C@@H]7O[C@H](CO)[C@@H](O)[C@H](O[C@@H]8O[C@H](C)[C@@H](O)[C@H](O)[C@@H]8O)[C@H]7O[C@@H]7O[C@H](CO)[C@@H](O)[C@H](O)[C@H]7O)[C@H](O)[C@H]6O)CC[C@]5(C)[C@H]4CC[C@]3(C)[C@H]2[C@@H]1C. The number of aliphatic hydroxyl groups is 14. The predicted octanol–water partition coefficient (Wildman–Crippen LogP) is -3.01. The van der Waals surface area contributed by atoms with E-state index in [1.165, 1.54) is 12.5 Å². The monoisotopic (exact) mass is 1060 g/mol. The molecule has 14 N–H and O–H groups in total. The number of ether oxygens (including phenoxy) is 9. The van der Waals surface area contributed by atoms with Crippen molar-refractivity contribution in [1.29, 1.82) is 0 Å². The third-order valence-electron chi connectivity index (χ3n) is 19.5. The molecule has 0 aromatic carbocycles. The maximum absolute atomic E-state index is 11.8. The van der Waals surface area contributed by atoms with Crippen LogP contribution in [0.1, 0.15) is 92.4 Å². The van der Waals surface area contributed by atoms with Gasteiger partial charge in [-0.05, 0) is 98.7 Å². The fourth-order valence-corrected chi connectivity index (χ4v) is 15.0. The van der Waals surface area contributed by atoms with Crippen molar-refractivity contribution >= 4 is 0 Å². The van der Waals surface area contributed by atoms with Crippen LogP contribution in [0.15, 0.2) is 11.6 Å². The molecule has 5 aliphatic heterocycles. The summed E-state index contributed by atoms with van der Waals surface area (Å²) in [6, 6.07) is 0. The second kappa shape index (κ2) is 22.4. The van der Waals surface area contributed by atoms with E-state index in [0.717, 1.165) is 32.1 Å². The van der Waals surface area contributed by atoms with Crippen LogP contribution in [-0.4, -0.2) is 239 Å². The molecule has 0 aromatic rings. The summed E-state index contributed by atoms with van der Waals surface area (Å²) in [7, 11) is 0. The van der Waals surface area contributed by atoms with Gasteiger partial charge in [-0.25, -0.2) is 0 Å². The molecule has 31 atom stereocenters. The molecule has 426 valence electrons. The van der Waals surface area contributed by atoms with Crippen LogP contribution >= 0.6 is 0 Å². The summed E-state index contributed by atoms with van der Waals surface area (Å²) in [5.41, 5.74) is 1.17. The first-order chi connectivity index (χ1) is 35.0. The van der Waals surface area contributed by atoms with E-state index in [1.54, 1.807) is 0 Å². The first-order valence-electron chi connectivity index (χ1n) is 26.9. The molecule has 0 spiro atoms. The number of hydrogen-bond acceptors (Lipinski definition) is 23. The quantitative estimate of drug-likeness (QED) is 0.0727. The highest BCUT2D eigenvalue weighted by atomic mass is 16.8. The molecule has 8 fully saturated rings. The normalized spacial score (nSPS) is 54.9. The average molecular weight is 1070 g/mol. The molecule has 0 aromatic heterocycles. The predicted molar refractivity (Wildman–Crippen MR) is 250 cm³/mol. The fourth-order valence-electron chi connectivity index (χ4n) is 15.0. The van der Waals surface area contributed by atoms with Gasteiger partial charge in [0.25, 0.3) is 0 Å². The van der Waals surface area contributed by atoms with E-state index >= 15 is 0 Å². The third-order valence-corrected chi connectivity index (χ3v) is 19.5. The lowest BCUT2D eigenvalue weighted by Gasteiger charge is -2.58. The number of fused-ring (bicyclic) bond motifs is 7. The maximum atomic E-state index is 11.8. The lowest BCUT2D eigenvalue weighted by molar-refractivity contribution is -0.406. The van der Waals surface area contributed by atoms with Crippen molar-refractivity contribution in [3.8, 4) is 0 Å². The van der Waals surface area contributed by atoms with E-state index in [9.17, 15) is 71.5 Å². The van der Waals surface area contributed by atoms with Crippen LogP contribution in [0.25, 0.3) is 0 Å². The van der Waals surface area contributed by atoms with E-state index in [4.69, 9.17) is 42.6 Å². The minimum Gasteiger partial charge on any atom is -0.396 e. The first-order valence-corrected chi connectivity index (χ1v) is 26.9. The Kier molecular flexibility index (Phi) is 17.4. The minimum absolute atomic E-state index is 0.0150. The van der Waals surface area contributed by atoms with Gasteiger partial charge in [0.05, 0.1) is 38.1 Å². The van der Waals surface area contributed by atoms with Crippen molar-refractivity contribution in [3.63, 3.8) is 0 Å². The standard InChI is InChI=1S/C51H84O23/c1-20(16-52)8-13-51(65)21(2)32-28(74-51)15-27-25-7-6-23-14-24(9-11-49(23,4)26(25)10-12-50(27,32)5)67-46-41(64)38(61)42(31(19-55)70-46)71-48-44(73-47-40(63)37(60)34(57)29(17-53)68-47)43(35(58)30(18-54)69-48)72-45-39(62)36(59)33(56)22(3)66-45/h6,20-22,24-48,52-65H,7-19H2,1-5H3/t20?,21-,22+,24-,25+,26-,27-,28-,29+,30+,31+,32-,33+,34+,35+,36-,37-,38+,39-,40+,41+,42+,43-,44+,45-,46+,47-,48-,49-,50-,51?/m0/s1. The third kappa shape index (κ3) is 10.1. The van der Waals surface area contributed by atoms with Crippen molar-refractivity contribution in [3.05, 3.63) is 11.6 Å². The van der Waals surface area contributed by atoms with Crippen molar-refractivity contribution in [2.24, 2.45) is 46.3 Å². The summed E-state index contributed by atoms with van der Waals surface area (Å²) in [4.78, 5) is 0. The molecular formula is C51H84O23. The fraction of sp³-hybridized carbons (Fsp3) is 0.961. The average Bonchev–Trinajstić information content (AvgIpc) is 3.82. The molecule has 3 saturated carbocycles. The van der Waals surface area contributed by atoms with Crippen LogP contribution in [0, 0.1) is 46.3 Å². The van der Waals surface area contributed by atoms with Crippen LogP contribution in [0.5, 0.6) is 0 Å². The van der Waals surface area contributed by atoms with Crippen molar-refractivity contribution in [1.82, 2.24) is 0 Å². The number of rotatable bonds is 15. The molecule has 4 aliphatic carbocycles. The Hall–Kier alpha value is -1.18. The Morgan fingerprint density at radius 2 is 1.20 bits per heavy atom. The molecular weight excluding hydrogens is 981 g/mol. The van der Waals surface area contributed by atoms with E-state index in [1.807, 2.05) is 6.92 Å². The van der Waals surface area contributed by atoms with Gasteiger partial charge >= 0.3 is 0 Å². The molecule has 23 nitrogen and oxygen atoms in total. The van der Waals surface area contributed by atoms with Crippen molar-refractivity contribution < 1.29 is 114 Å². The van der Waals surface area contributed by atoms with Gasteiger partial charge in [0.2, 0.25) is 0 Å². The summed E-state index contributed by atoms with van der Waals surface area (Å²) >= 11 is 0. The summed E-state index contributed by atoms with van der Waals surface area (Å²) < 4.78 is 54.7. The van der Waals surface area contributed by atoms with Crippen molar-refractivity contribution in [2.75, 3.05) is 26.4 Å². The second-order valence-electron chi connectivity index (χ2n) is 23.8. The van der Waals surface area contributed by atoms with E-state index < -0.39 is 155 Å². The molecule has 9 rings (SSSR count). The number of allylic oxidation sites excluding steroid dienone is 1. The van der Waals surface area contributed by atoms with Crippen LogP contribution in [0.4, 0.5) is 0 Å². The lowest BCUT2D eigenvalue weighted by atomic mass is 9.47. The lowest BCUT2D eigenvalue weighted by Crippen LogP contribution is -2.68. The summed E-state index contributed by atoms with van der Waals surface area (Å²) in [5, 5.41) is 151. The molecule has 9 aliphatic rings. The van der Waals surface area contributed by atoms with Gasteiger partial charge in [-0.3, -0.25) is 0 Å². The number of aliphatic hydroxyl groups excluding tert-OH is 13. The van der Waals surface area contributed by atoms with Gasteiger partial charge in [-0.15, -0.1) is 0 Å². The largest absolute Gasteiger partial charge is 0.396 e. The highest BCUT2D eigenvalue weighted by Crippen LogP contribution is 2.70. The molecule has 0 bridgehead atoms. The topological polar surface area (TPSA) is 366 Å². The Bertz CT molecular complexity index is 1920. The Labute approximate surface area is 430 Å². The highest BCUT2D eigenvalue weighted by molar-refractivity contribution is 5.26. The van der Waals surface area contributed by atoms with Crippen LogP contribution < -0.4 is 0 Å². The van der Waals surface area contributed by atoms with E-state index in [0.29, 0.717) is 43.4 Å². The minimum atomic E-state index is -2.01. The molecule has 0 amide bonds. The Morgan fingerprint density at radius 1 is 0.622 bits per heavy atom. The first kappa shape index (κ1) is 57.5. The summed E-state index contributed by atoms with van der Waals surface area (Å²) in [6.45, 7) is 7.79. The van der Waals surface area contributed by atoms with Gasteiger partial charge in [0.1, 0.15) is 91.6 Å². The molecule has 5 heterocycles. The molecule has 0 radical (unpaired) electrons. The maximum Gasteiger partial charge on any atom is 0.187 e. The zero-order chi connectivity index (χ0) is 53.5. The van der Waals surface area contributed by atoms with Gasteiger partial charge in [0.15, 0.2) is 30.9 Å². The molecule has 74 heavy (non-hydrogen) atoms. The van der Waals surface area contributed by atoms with Crippen LogP contribution in [0.3, 0.4) is 0 Å². The van der Waals surface area contributed by atoms with E-state index in [2.05, 4.69) is 26.8 Å². The van der Waals surface area contributed by atoms with E-state index in [-0.39, 0.29) is 41.3 Å². The van der Waals surface area contributed by atoms with Gasteiger partial charge in [0, 0.05) is 18.9 Å². The van der Waals surface area contributed by atoms with Gasteiger partial charge in [-0.2, -0.15) is 0 Å². The zero-order valence-corrected chi connectivity index (χ0v) is 42.9. The number of hydrogen-bond donors (Lipinski definition) is 14. The Morgan fingerprint density at radius 3 is 1.88 bits per heavy atom. The Balaban J connectivity index is 0.886. The van der Waals surface area contributed by atoms with Crippen molar-refractivity contribution in [2.45, 2.75) is 233 Å². The smallest absolute Gasteiger partial charge is 0.187 e. The van der Waals surface area contributed by atoms with Crippen LogP contribution in [-0.2, 0) is 42.6 Å². The van der Waals surface area contributed by atoms with Gasteiger partial charge in [-0.1, -0.05) is 39.3 Å².